The molecule has 0 spiro atoms. The molecule has 2 rings (SSSR count). The number of ether oxygens (including phenoxy) is 1. The first-order valence-electron chi connectivity index (χ1n) is 7.04. The first-order chi connectivity index (χ1) is 9.74. The molecule has 20 heavy (non-hydrogen) atoms. The summed E-state index contributed by atoms with van der Waals surface area (Å²) in [7, 11) is 1.76. The second-order valence-corrected chi connectivity index (χ2v) is 5.31. The number of hydrogen-bond donors (Lipinski definition) is 2. The van der Waals surface area contributed by atoms with Gasteiger partial charge in [-0.05, 0) is 43.5 Å². The molecule has 1 amide bonds. The van der Waals surface area contributed by atoms with Crippen LogP contribution in [0, 0.1) is 5.92 Å². The first kappa shape index (κ1) is 15.0. The number of benzene rings is 1. The molecular formula is C15H23N3O2. The summed E-state index contributed by atoms with van der Waals surface area (Å²) in [6.45, 7) is 3.74. The first-order valence-corrected chi connectivity index (χ1v) is 7.04. The molecule has 1 heterocycles. The summed E-state index contributed by atoms with van der Waals surface area (Å²) in [6.07, 6.45) is 2.30. The number of rotatable bonds is 5. The van der Waals surface area contributed by atoms with Gasteiger partial charge in [-0.3, -0.25) is 15.1 Å². The Morgan fingerprint density at radius 2 is 2.10 bits per heavy atom. The van der Waals surface area contributed by atoms with Crippen molar-refractivity contribution in [2.45, 2.75) is 19.4 Å². The second kappa shape index (κ2) is 7.38. The Labute approximate surface area is 120 Å². The fraction of sp³-hybridized carbons (Fsp3) is 0.533. The average molecular weight is 277 g/mol. The fourth-order valence-corrected chi connectivity index (χ4v) is 2.75. The number of nitrogens with one attached hydrogen (secondary N) is 1. The fourth-order valence-electron chi connectivity index (χ4n) is 2.75. The van der Waals surface area contributed by atoms with E-state index in [0.717, 1.165) is 44.6 Å². The van der Waals surface area contributed by atoms with Gasteiger partial charge in [-0.1, -0.05) is 18.2 Å². The smallest absolute Gasteiger partial charge is 0.265 e. The topological polar surface area (TPSA) is 67.6 Å². The van der Waals surface area contributed by atoms with Gasteiger partial charge in [0.2, 0.25) is 0 Å². The van der Waals surface area contributed by atoms with E-state index in [2.05, 4.69) is 10.3 Å². The van der Waals surface area contributed by atoms with E-state index in [9.17, 15) is 4.79 Å². The van der Waals surface area contributed by atoms with Crippen molar-refractivity contribution in [3.8, 4) is 0 Å². The Morgan fingerprint density at radius 1 is 1.40 bits per heavy atom. The van der Waals surface area contributed by atoms with Crippen molar-refractivity contribution in [1.29, 1.82) is 0 Å². The molecule has 3 N–H and O–H groups in total. The van der Waals surface area contributed by atoms with Crippen molar-refractivity contribution < 1.29 is 9.53 Å². The molecule has 0 saturated carbocycles. The molecule has 5 nitrogen and oxygen atoms in total. The van der Waals surface area contributed by atoms with Crippen LogP contribution in [-0.4, -0.2) is 37.6 Å². The minimum absolute atomic E-state index is 0.227. The lowest BCUT2D eigenvalue weighted by Gasteiger charge is -2.31. The van der Waals surface area contributed by atoms with Crippen molar-refractivity contribution in [3.63, 3.8) is 0 Å². The van der Waals surface area contributed by atoms with Crippen LogP contribution in [0.15, 0.2) is 24.3 Å². The molecule has 1 fully saturated rings. The molecule has 0 unspecified atom stereocenters. The van der Waals surface area contributed by atoms with E-state index in [1.807, 2.05) is 24.3 Å². The van der Waals surface area contributed by atoms with Crippen LogP contribution in [0.4, 0.5) is 0 Å². The highest BCUT2D eigenvalue weighted by molar-refractivity contribution is 5.95. The molecule has 1 saturated heterocycles. The second-order valence-electron chi connectivity index (χ2n) is 5.31. The molecule has 110 valence electrons. The molecule has 0 bridgehead atoms. The molecule has 0 aromatic heterocycles. The Hall–Kier alpha value is -1.43. The highest BCUT2D eigenvalue weighted by Crippen LogP contribution is 2.20. The van der Waals surface area contributed by atoms with E-state index < -0.39 is 0 Å². The number of hydrogen-bond acceptors (Lipinski definition) is 4. The molecular weight excluding hydrogens is 254 g/mol. The van der Waals surface area contributed by atoms with Gasteiger partial charge < -0.3 is 4.74 Å². The Morgan fingerprint density at radius 3 is 2.75 bits per heavy atom. The minimum atomic E-state index is -0.227. The predicted molar refractivity (Wildman–Crippen MR) is 78.0 cm³/mol. The zero-order chi connectivity index (χ0) is 14.4. The van der Waals surface area contributed by atoms with Crippen molar-refractivity contribution in [3.05, 3.63) is 35.4 Å². The lowest BCUT2D eigenvalue weighted by atomic mass is 9.97. The number of nitrogens with zero attached hydrogens (tertiary/aromatic N) is 1. The van der Waals surface area contributed by atoms with Crippen molar-refractivity contribution in [1.82, 2.24) is 10.3 Å². The molecule has 5 heteroatoms. The van der Waals surface area contributed by atoms with Gasteiger partial charge in [0, 0.05) is 25.8 Å². The summed E-state index contributed by atoms with van der Waals surface area (Å²) in [6, 6.07) is 7.63. The van der Waals surface area contributed by atoms with Crippen LogP contribution in [0.25, 0.3) is 0 Å². The van der Waals surface area contributed by atoms with Crippen LogP contribution in [0.2, 0.25) is 0 Å². The summed E-state index contributed by atoms with van der Waals surface area (Å²) in [4.78, 5) is 14.1. The monoisotopic (exact) mass is 277 g/mol. The zero-order valence-electron chi connectivity index (χ0n) is 12.0. The number of carbonyl (C=O) groups excluding carboxylic acids is 1. The van der Waals surface area contributed by atoms with Gasteiger partial charge in [0.15, 0.2) is 0 Å². The SMILES string of the molecule is COCC1CCN(Cc2ccccc2C(=O)NN)CC1. The minimum Gasteiger partial charge on any atom is -0.384 e. The lowest BCUT2D eigenvalue weighted by Crippen LogP contribution is -2.36. The number of likely N-dealkylation sites (tertiary alicyclic amines) is 1. The maximum atomic E-state index is 11.7. The van der Waals surface area contributed by atoms with Gasteiger partial charge >= 0.3 is 0 Å². The number of methoxy groups -OCH3 is 1. The Kier molecular flexibility index (Phi) is 5.52. The zero-order valence-corrected chi connectivity index (χ0v) is 12.0. The summed E-state index contributed by atoms with van der Waals surface area (Å²) < 4.78 is 5.21. The van der Waals surface area contributed by atoms with E-state index in [1.54, 1.807) is 7.11 Å². The van der Waals surface area contributed by atoms with Crippen LogP contribution in [0.5, 0.6) is 0 Å². The molecule has 1 aliphatic rings. The largest absolute Gasteiger partial charge is 0.384 e. The number of nitrogen functional groups attached to an aromatic ring is 1. The number of hydrazine groups is 1. The maximum Gasteiger partial charge on any atom is 0.265 e. The van der Waals surface area contributed by atoms with Gasteiger partial charge in [-0.2, -0.15) is 0 Å². The van der Waals surface area contributed by atoms with E-state index in [4.69, 9.17) is 10.6 Å². The number of amides is 1. The van der Waals surface area contributed by atoms with E-state index >= 15 is 0 Å². The molecule has 1 aromatic carbocycles. The van der Waals surface area contributed by atoms with E-state index in [1.165, 1.54) is 0 Å². The normalized spacial score (nSPS) is 17.1. The van der Waals surface area contributed by atoms with Gasteiger partial charge in [0.05, 0.1) is 0 Å². The number of nitrogens with two attached hydrogens (primary N) is 1. The highest BCUT2D eigenvalue weighted by atomic mass is 16.5. The van der Waals surface area contributed by atoms with Crippen LogP contribution in [0.1, 0.15) is 28.8 Å². The molecule has 1 aromatic rings. The van der Waals surface area contributed by atoms with E-state index in [0.29, 0.717) is 11.5 Å². The summed E-state index contributed by atoms with van der Waals surface area (Å²) in [5.41, 5.74) is 3.90. The van der Waals surface area contributed by atoms with Crippen LogP contribution >= 0.6 is 0 Å². The van der Waals surface area contributed by atoms with Crippen molar-refractivity contribution >= 4 is 5.91 Å². The van der Waals surface area contributed by atoms with Crippen LogP contribution < -0.4 is 11.3 Å². The summed E-state index contributed by atoms with van der Waals surface area (Å²) in [5.74, 6) is 5.67. The third kappa shape index (κ3) is 3.79. The summed E-state index contributed by atoms with van der Waals surface area (Å²) >= 11 is 0. The van der Waals surface area contributed by atoms with Gasteiger partial charge in [-0.15, -0.1) is 0 Å². The number of carbonyl (C=O) groups is 1. The van der Waals surface area contributed by atoms with E-state index in [-0.39, 0.29) is 5.91 Å². The molecule has 0 aliphatic carbocycles. The third-order valence-corrected chi connectivity index (χ3v) is 3.90. The van der Waals surface area contributed by atoms with Crippen LogP contribution in [0.3, 0.4) is 0 Å². The molecule has 1 aliphatic heterocycles. The van der Waals surface area contributed by atoms with Gasteiger partial charge in [0.1, 0.15) is 0 Å². The van der Waals surface area contributed by atoms with Gasteiger partial charge in [0.25, 0.3) is 5.91 Å². The third-order valence-electron chi connectivity index (χ3n) is 3.90. The van der Waals surface area contributed by atoms with Crippen molar-refractivity contribution in [2.24, 2.45) is 11.8 Å². The van der Waals surface area contributed by atoms with Crippen LogP contribution in [-0.2, 0) is 11.3 Å². The highest BCUT2D eigenvalue weighted by Gasteiger charge is 2.20. The van der Waals surface area contributed by atoms with Crippen molar-refractivity contribution in [2.75, 3.05) is 26.8 Å². The quantitative estimate of drug-likeness (QED) is 0.481. The average Bonchev–Trinajstić information content (AvgIpc) is 2.49. The predicted octanol–water partition coefficient (Wildman–Crippen LogP) is 1.15. The Balaban J connectivity index is 1.96. The standard InChI is InChI=1S/C15H23N3O2/c1-20-11-12-6-8-18(9-7-12)10-13-4-2-3-5-14(13)15(19)17-16/h2-5,12H,6-11,16H2,1H3,(H,17,19). The maximum absolute atomic E-state index is 11.7. The van der Waals surface area contributed by atoms with Gasteiger partial charge in [-0.25, -0.2) is 5.84 Å². The lowest BCUT2D eigenvalue weighted by molar-refractivity contribution is 0.0933. The molecule has 0 radical (unpaired) electrons. The summed E-state index contributed by atoms with van der Waals surface area (Å²) in [5, 5.41) is 0. The Bertz CT molecular complexity index is 442. The molecule has 0 atom stereocenters. The number of piperidine rings is 1.